The summed E-state index contributed by atoms with van der Waals surface area (Å²) in [6.07, 6.45) is 1.61. The fourth-order valence-electron chi connectivity index (χ4n) is 1.65. The molecular formula is C15H21N3O3S2. The van der Waals surface area contributed by atoms with E-state index in [1.165, 1.54) is 14.0 Å². The first-order chi connectivity index (χ1) is 11.0. The maximum absolute atomic E-state index is 11.3. The molecule has 0 unspecified atom stereocenters. The molecule has 2 amide bonds. The minimum atomic E-state index is -0.656. The Morgan fingerprint density at radius 2 is 2.00 bits per heavy atom. The smallest absolute Gasteiger partial charge is 0.413 e. The van der Waals surface area contributed by atoms with Crippen LogP contribution in [0.5, 0.6) is 0 Å². The van der Waals surface area contributed by atoms with Crippen LogP contribution in [0.15, 0.2) is 23.1 Å². The summed E-state index contributed by atoms with van der Waals surface area (Å²) in [5.41, 5.74) is 1.20. The van der Waals surface area contributed by atoms with Crippen LogP contribution < -0.4 is 16.0 Å². The van der Waals surface area contributed by atoms with Gasteiger partial charge in [-0.25, -0.2) is 4.79 Å². The van der Waals surface area contributed by atoms with Crippen molar-refractivity contribution in [1.29, 1.82) is 0 Å². The summed E-state index contributed by atoms with van der Waals surface area (Å²) < 4.78 is 4.49. The Hall–Kier alpha value is -1.80. The van der Waals surface area contributed by atoms with Crippen molar-refractivity contribution in [3.63, 3.8) is 0 Å². The fourth-order valence-corrected chi connectivity index (χ4v) is 2.87. The first-order valence-electron chi connectivity index (χ1n) is 7.16. The van der Waals surface area contributed by atoms with Gasteiger partial charge in [-0.05, 0) is 42.6 Å². The summed E-state index contributed by atoms with van der Waals surface area (Å²) in [5.74, 6) is 0.826. The van der Waals surface area contributed by atoms with E-state index in [2.05, 4.69) is 27.6 Å². The molecule has 23 heavy (non-hydrogen) atoms. The predicted molar refractivity (Wildman–Crippen MR) is 98.1 cm³/mol. The van der Waals surface area contributed by atoms with Crippen LogP contribution in [0.1, 0.15) is 26.7 Å². The van der Waals surface area contributed by atoms with Gasteiger partial charge in [0, 0.05) is 11.8 Å². The quantitative estimate of drug-likeness (QED) is 0.411. The van der Waals surface area contributed by atoms with Crippen LogP contribution in [-0.2, 0) is 9.53 Å². The summed E-state index contributed by atoms with van der Waals surface area (Å²) in [5, 5.41) is 8.10. The molecule has 8 heteroatoms. The molecule has 6 nitrogen and oxygen atoms in total. The van der Waals surface area contributed by atoms with Crippen LogP contribution in [0.3, 0.4) is 0 Å². The monoisotopic (exact) mass is 355 g/mol. The standard InChI is InChI=1S/C15H21N3O3S2/c1-4-5-8-23-11-6-7-12(16-10(2)19)13(9-11)17-14(22)18-15(20)21-3/h6-7,9H,4-5,8H2,1-3H3,(H,16,19)(H2,17,18,20,22). The molecule has 1 aromatic rings. The molecule has 0 aliphatic rings. The van der Waals surface area contributed by atoms with Gasteiger partial charge in [0.1, 0.15) is 0 Å². The first-order valence-corrected chi connectivity index (χ1v) is 8.56. The Bertz CT molecular complexity index is 579. The maximum atomic E-state index is 11.3. The van der Waals surface area contributed by atoms with E-state index in [1.54, 1.807) is 17.8 Å². The Morgan fingerprint density at radius 1 is 1.26 bits per heavy atom. The number of ether oxygens (including phenoxy) is 1. The number of thioether (sulfide) groups is 1. The van der Waals surface area contributed by atoms with Gasteiger partial charge in [-0.1, -0.05) is 13.3 Å². The number of amides is 2. The number of methoxy groups -OCH3 is 1. The second-order valence-corrected chi connectivity index (χ2v) is 6.24. The molecule has 0 aromatic heterocycles. The predicted octanol–water partition coefficient (Wildman–Crippen LogP) is 3.59. The number of hydrogen-bond acceptors (Lipinski definition) is 5. The highest BCUT2D eigenvalue weighted by Crippen LogP contribution is 2.29. The van der Waals surface area contributed by atoms with Crippen LogP contribution in [0.25, 0.3) is 0 Å². The third kappa shape index (κ3) is 7.34. The molecule has 3 N–H and O–H groups in total. The molecule has 0 heterocycles. The fraction of sp³-hybridized carbons (Fsp3) is 0.400. The van der Waals surface area contributed by atoms with Crippen molar-refractivity contribution >= 4 is 52.5 Å². The molecule has 1 aromatic carbocycles. The number of carbonyl (C=O) groups excluding carboxylic acids is 2. The summed E-state index contributed by atoms with van der Waals surface area (Å²) >= 11 is 6.78. The first kappa shape index (κ1) is 19.2. The van der Waals surface area contributed by atoms with E-state index in [0.717, 1.165) is 23.5 Å². The molecule has 0 saturated carbocycles. The van der Waals surface area contributed by atoms with E-state index in [9.17, 15) is 9.59 Å². The van der Waals surface area contributed by atoms with E-state index in [-0.39, 0.29) is 11.0 Å². The summed E-state index contributed by atoms with van der Waals surface area (Å²) in [6, 6.07) is 5.63. The Morgan fingerprint density at radius 3 is 2.61 bits per heavy atom. The SMILES string of the molecule is CCCCSc1ccc(NC(C)=O)c(NC(=S)NC(=O)OC)c1. The van der Waals surface area contributed by atoms with Gasteiger partial charge >= 0.3 is 6.09 Å². The van der Waals surface area contributed by atoms with Crippen LogP contribution in [0, 0.1) is 0 Å². The lowest BCUT2D eigenvalue weighted by Gasteiger charge is -2.15. The van der Waals surface area contributed by atoms with Crippen molar-refractivity contribution in [3.8, 4) is 0 Å². The second-order valence-electron chi connectivity index (χ2n) is 4.66. The minimum absolute atomic E-state index is 0.0964. The van der Waals surface area contributed by atoms with Gasteiger partial charge in [-0.15, -0.1) is 11.8 Å². The van der Waals surface area contributed by atoms with Crippen molar-refractivity contribution in [3.05, 3.63) is 18.2 Å². The highest BCUT2D eigenvalue weighted by molar-refractivity contribution is 7.99. The van der Waals surface area contributed by atoms with Gasteiger partial charge in [0.25, 0.3) is 0 Å². The molecule has 0 fully saturated rings. The third-order valence-electron chi connectivity index (χ3n) is 2.72. The molecule has 0 aliphatic carbocycles. The Labute approximate surface area is 145 Å². The number of thiocarbonyl (C=S) groups is 1. The molecule has 0 bridgehead atoms. The van der Waals surface area contributed by atoms with Gasteiger partial charge in [0.05, 0.1) is 18.5 Å². The highest BCUT2D eigenvalue weighted by atomic mass is 32.2. The number of benzene rings is 1. The van der Waals surface area contributed by atoms with Gasteiger partial charge in [0.15, 0.2) is 5.11 Å². The van der Waals surface area contributed by atoms with E-state index in [1.807, 2.05) is 12.1 Å². The number of unbranched alkanes of at least 4 members (excludes halogenated alkanes) is 1. The number of anilines is 2. The number of rotatable bonds is 6. The van der Waals surface area contributed by atoms with Gasteiger partial charge in [-0.2, -0.15) is 0 Å². The van der Waals surface area contributed by atoms with E-state index >= 15 is 0 Å². The molecule has 0 radical (unpaired) electrons. The molecule has 1 rings (SSSR count). The average Bonchev–Trinajstić information content (AvgIpc) is 2.49. The van der Waals surface area contributed by atoms with E-state index in [4.69, 9.17) is 12.2 Å². The molecule has 126 valence electrons. The summed E-state index contributed by atoms with van der Waals surface area (Å²) in [6.45, 7) is 3.57. The Balaban J connectivity index is 2.88. The number of nitrogens with one attached hydrogen (secondary N) is 3. The molecule has 0 atom stereocenters. The van der Waals surface area contributed by atoms with Crippen molar-refractivity contribution in [2.24, 2.45) is 0 Å². The van der Waals surface area contributed by atoms with Gasteiger partial charge in [0.2, 0.25) is 5.91 Å². The summed E-state index contributed by atoms with van der Waals surface area (Å²) in [7, 11) is 1.26. The van der Waals surface area contributed by atoms with Crippen molar-refractivity contribution in [2.45, 2.75) is 31.6 Å². The number of hydrogen-bond donors (Lipinski definition) is 3. The topological polar surface area (TPSA) is 79.5 Å². The molecular weight excluding hydrogens is 334 g/mol. The lowest BCUT2D eigenvalue weighted by Crippen LogP contribution is -2.34. The van der Waals surface area contributed by atoms with Crippen LogP contribution in [0.2, 0.25) is 0 Å². The zero-order valence-electron chi connectivity index (χ0n) is 13.4. The van der Waals surface area contributed by atoms with Crippen molar-refractivity contribution in [2.75, 3.05) is 23.5 Å². The van der Waals surface area contributed by atoms with Crippen molar-refractivity contribution < 1.29 is 14.3 Å². The van der Waals surface area contributed by atoms with E-state index < -0.39 is 6.09 Å². The van der Waals surface area contributed by atoms with Crippen molar-refractivity contribution in [1.82, 2.24) is 5.32 Å². The average molecular weight is 355 g/mol. The number of carbonyl (C=O) groups is 2. The molecule has 0 spiro atoms. The molecule has 0 aliphatic heterocycles. The van der Waals surface area contributed by atoms with Gasteiger partial charge in [-0.3, -0.25) is 10.1 Å². The lowest BCUT2D eigenvalue weighted by atomic mass is 10.2. The van der Waals surface area contributed by atoms with E-state index in [0.29, 0.717) is 11.4 Å². The normalized spacial score (nSPS) is 9.87. The van der Waals surface area contributed by atoms with Crippen LogP contribution in [-0.4, -0.2) is 30.0 Å². The third-order valence-corrected chi connectivity index (χ3v) is 4.00. The maximum Gasteiger partial charge on any atom is 0.413 e. The van der Waals surface area contributed by atoms with Crippen LogP contribution in [0.4, 0.5) is 16.2 Å². The minimum Gasteiger partial charge on any atom is -0.453 e. The van der Waals surface area contributed by atoms with Gasteiger partial charge < -0.3 is 15.4 Å². The lowest BCUT2D eigenvalue weighted by molar-refractivity contribution is -0.114. The summed E-state index contributed by atoms with van der Waals surface area (Å²) in [4.78, 5) is 23.5. The number of alkyl carbamates (subject to hydrolysis) is 1. The zero-order valence-corrected chi connectivity index (χ0v) is 15.0. The molecule has 0 saturated heterocycles. The van der Waals surface area contributed by atoms with Crippen LogP contribution >= 0.6 is 24.0 Å². The second kappa shape index (κ2) is 10.1. The zero-order chi connectivity index (χ0) is 17.2. The largest absolute Gasteiger partial charge is 0.453 e. The highest BCUT2D eigenvalue weighted by Gasteiger charge is 2.10. The Kier molecular flexibility index (Phi) is 8.42.